The van der Waals surface area contributed by atoms with Crippen molar-refractivity contribution in [2.75, 3.05) is 13.1 Å². The number of guanidine groups is 1. The molecular formula is C25H25Cl2F2N7O2. The number of amides is 1. The fraction of sp³-hybridized carbons (Fsp3) is 0.360. The Bertz CT molecular complexity index is 1310. The first-order valence-electron chi connectivity index (χ1n) is 11.7. The fourth-order valence-electron chi connectivity index (χ4n) is 4.27. The summed E-state index contributed by atoms with van der Waals surface area (Å²) in [6, 6.07) is 9.77. The van der Waals surface area contributed by atoms with Crippen molar-refractivity contribution in [3.63, 3.8) is 0 Å². The van der Waals surface area contributed by atoms with Crippen molar-refractivity contribution >= 4 is 46.5 Å². The van der Waals surface area contributed by atoms with E-state index in [0.717, 1.165) is 0 Å². The van der Waals surface area contributed by atoms with Gasteiger partial charge in [-0.1, -0.05) is 49.2 Å². The molecule has 2 aliphatic rings. The lowest BCUT2D eigenvalue weighted by Crippen LogP contribution is -2.50. The second kappa shape index (κ2) is 11.5. The molecule has 1 saturated heterocycles. The highest BCUT2D eigenvalue weighted by molar-refractivity contribution is 6.42. The van der Waals surface area contributed by atoms with Crippen molar-refractivity contribution in [2.24, 2.45) is 15.5 Å². The lowest BCUT2D eigenvalue weighted by atomic mass is 9.90. The molecule has 3 N–H and O–H groups in total. The van der Waals surface area contributed by atoms with Crippen LogP contribution in [0.15, 0.2) is 52.6 Å². The van der Waals surface area contributed by atoms with Crippen LogP contribution in [0.4, 0.5) is 14.5 Å². The van der Waals surface area contributed by atoms with E-state index in [1.165, 1.54) is 23.2 Å². The van der Waals surface area contributed by atoms with Crippen molar-refractivity contribution in [1.82, 2.24) is 21.0 Å². The summed E-state index contributed by atoms with van der Waals surface area (Å²) in [5.74, 6) is -0.244. The predicted molar refractivity (Wildman–Crippen MR) is 141 cm³/mol. The van der Waals surface area contributed by atoms with Gasteiger partial charge < -0.3 is 15.4 Å². The average Bonchev–Trinajstić information content (AvgIpc) is 3.43. The highest BCUT2D eigenvalue weighted by atomic mass is 35.5. The molecule has 2 atom stereocenters. The number of nitrogens with one attached hydrogen (secondary N) is 3. The van der Waals surface area contributed by atoms with Crippen LogP contribution in [0, 0.1) is 16.9 Å². The van der Waals surface area contributed by atoms with E-state index >= 15 is 0 Å². The van der Waals surface area contributed by atoms with Crippen LogP contribution >= 0.6 is 23.2 Å². The summed E-state index contributed by atoms with van der Waals surface area (Å²) in [5.41, 5.74) is 1.34. The monoisotopic (exact) mass is 563 g/mol. The summed E-state index contributed by atoms with van der Waals surface area (Å²) in [7, 11) is 0. The molecule has 38 heavy (non-hydrogen) atoms. The second-order valence-corrected chi connectivity index (χ2v) is 10.4. The van der Waals surface area contributed by atoms with Gasteiger partial charge in [0.15, 0.2) is 6.19 Å². The Labute approximate surface area is 228 Å². The van der Waals surface area contributed by atoms with Crippen LogP contribution in [0.3, 0.4) is 0 Å². The zero-order chi connectivity index (χ0) is 27.4. The predicted octanol–water partition coefficient (Wildman–Crippen LogP) is 4.25. The smallest absolute Gasteiger partial charge is 0.387 e. The normalized spacial score (nSPS) is 20.7. The first-order valence-corrected chi connectivity index (χ1v) is 12.4. The lowest BCUT2D eigenvalue weighted by Gasteiger charge is -2.20. The molecule has 1 fully saturated rings. The molecule has 0 aromatic heterocycles. The number of benzene rings is 2. The van der Waals surface area contributed by atoms with Gasteiger partial charge in [0.25, 0.3) is 0 Å². The zero-order valence-corrected chi connectivity index (χ0v) is 22.0. The number of carbonyl (C=O) groups excluding carboxylic acids is 1. The highest BCUT2D eigenvalue weighted by Crippen LogP contribution is 2.29. The molecule has 0 radical (unpaired) electrons. The summed E-state index contributed by atoms with van der Waals surface area (Å²) < 4.78 is 29.7. The SMILES string of the molecule is CC1(C)CN[C@@H](C(=O)NC2CN(C(=Nc3cccc(OC(F)F)c3)NC#N)N=C2c2ccc(Cl)c(Cl)c2)C1. The minimum atomic E-state index is -2.99. The molecule has 1 unspecified atom stereocenters. The summed E-state index contributed by atoms with van der Waals surface area (Å²) in [6.45, 7) is 2.04. The Hall–Kier alpha value is -3.46. The standard InChI is InChI=1S/C25H25Cl2F2N7O2/c1-25(2)10-19(31-12-25)22(37)34-20-11-36(35-21(20)14-6-7-17(26)18(27)8-14)24(32-13-30)33-15-4-3-5-16(9-15)38-23(28)29/h3-9,19-20,23,31H,10-12H2,1-2H3,(H,32,33)(H,34,37)/t19-,20?/m1/s1. The molecule has 2 heterocycles. The Morgan fingerprint density at radius 1 is 1.29 bits per heavy atom. The fourth-order valence-corrected chi connectivity index (χ4v) is 4.57. The first kappa shape index (κ1) is 27.6. The summed E-state index contributed by atoms with van der Waals surface area (Å²) in [6.07, 6.45) is 2.49. The van der Waals surface area contributed by atoms with Crippen LogP contribution in [0.1, 0.15) is 25.8 Å². The molecule has 0 saturated carbocycles. The van der Waals surface area contributed by atoms with E-state index < -0.39 is 12.7 Å². The van der Waals surface area contributed by atoms with E-state index in [2.05, 4.69) is 44.6 Å². The van der Waals surface area contributed by atoms with Gasteiger partial charge in [-0.2, -0.15) is 19.1 Å². The van der Waals surface area contributed by atoms with E-state index in [9.17, 15) is 18.8 Å². The van der Waals surface area contributed by atoms with Crippen LogP contribution in [-0.4, -0.2) is 54.4 Å². The molecule has 200 valence electrons. The van der Waals surface area contributed by atoms with Gasteiger partial charge in [0.05, 0.1) is 40.1 Å². The lowest BCUT2D eigenvalue weighted by molar-refractivity contribution is -0.123. The van der Waals surface area contributed by atoms with Crippen LogP contribution in [-0.2, 0) is 4.79 Å². The van der Waals surface area contributed by atoms with Gasteiger partial charge in [-0.25, -0.2) is 10.0 Å². The molecule has 1 amide bonds. The number of alkyl halides is 2. The largest absolute Gasteiger partial charge is 0.435 e. The molecule has 0 bridgehead atoms. The Morgan fingerprint density at radius 3 is 2.74 bits per heavy atom. The van der Waals surface area contributed by atoms with Gasteiger partial charge in [-0.15, -0.1) is 0 Å². The number of hydrogen-bond donors (Lipinski definition) is 3. The average molecular weight is 564 g/mol. The van der Waals surface area contributed by atoms with E-state index in [4.69, 9.17) is 23.2 Å². The second-order valence-electron chi connectivity index (χ2n) is 9.61. The van der Waals surface area contributed by atoms with Crippen LogP contribution in [0.2, 0.25) is 10.0 Å². The maximum atomic E-state index is 13.1. The Kier molecular flexibility index (Phi) is 8.35. The number of nitrogens with zero attached hydrogens (tertiary/aromatic N) is 4. The van der Waals surface area contributed by atoms with Crippen LogP contribution in [0.5, 0.6) is 5.75 Å². The molecule has 0 aliphatic carbocycles. The number of carbonyl (C=O) groups is 1. The van der Waals surface area contributed by atoms with Crippen molar-refractivity contribution in [1.29, 1.82) is 5.26 Å². The molecule has 4 rings (SSSR count). The number of aliphatic imine (C=N–C) groups is 1. The third-order valence-electron chi connectivity index (χ3n) is 6.04. The number of rotatable bonds is 6. The third-order valence-corrected chi connectivity index (χ3v) is 6.78. The van der Waals surface area contributed by atoms with E-state index in [-0.39, 0.29) is 41.3 Å². The minimum Gasteiger partial charge on any atom is -0.435 e. The summed E-state index contributed by atoms with van der Waals surface area (Å²) in [5, 5.41) is 24.8. The van der Waals surface area contributed by atoms with Crippen molar-refractivity contribution in [3.8, 4) is 11.9 Å². The number of nitriles is 1. The number of halogens is 4. The van der Waals surface area contributed by atoms with Crippen LogP contribution < -0.4 is 20.7 Å². The van der Waals surface area contributed by atoms with Crippen molar-refractivity contribution in [2.45, 2.75) is 39.0 Å². The summed E-state index contributed by atoms with van der Waals surface area (Å²) in [4.78, 5) is 17.5. The molecule has 2 aliphatic heterocycles. The van der Waals surface area contributed by atoms with E-state index in [1.807, 2.05) is 6.19 Å². The first-order chi connectivity index (χ1) is 18.0. The third kappa shape index (κ3) is 6.69. The van der Waals surface area contributed by atoms with E-state index in [1.54, 1.807) is 24.3 Å². The minimum absolute atomic E-state index is 0.0105. The molecule has 9 nitrogen and oxygen atoms in total. The van der Waals surface area contributed by atoms with Gasteiger partial charge in [-0.05, 0) is 36.1 Å². The van der Waals surface area contributed by atoms with Gasteiger partial charge in [-0.3, -0.25) is 10.1 Å². The maximum Gasteiger partial charge on any atom is 0.387 e. The quantitative estimate of drug-likeness (QED) is 0.209. The molecule has 13 heteroatoms. The zero-order valence-electron chi connectivity index (χ0n) is 20.5. The molecule has 2 aromatic rings. The van der Waals surface area contributed by atoms with Gasteiger partial charge in [0.2, 0.25) is 11.9 Å². The molecular weight excluding hydrogens is 539 g/mol. The Balaban J connectivity index is 1.65. The topological polar surface area (TPSA) is 114 Å². The van der Waals surface area contributed by atoms with Crippen molar-refractivity contribution in [3.05, 3.63) is 58.1 Å². The maximum absolute atomic E-state index is 13.1. The van der Waals surface area contributed by atoms with Gasteiger partial charge in [0.1, 0.15) is 5.75 Å². The number of hydrazone groups is 1. The Morgan fingerprint density at radius 2 is 2.08 bits per heavy atom. The van der Waals surface area contributed by atoms with Gasteiger partial charge in [0, 0.05) is 18.2 Å². The number of hydrogen-bond acceptors (Lipinski definition) is 6. The summed E-state index contributed by atoms with van der Waals surface area (Å²) >= 11 is 12.3. The van der Waals surface area contributed by atoms with E-state index in [0.29, 0.717) is 34.3 Å². The van der Waals surface area contributed by atoms with Crippen LogP contribution in [0.25, 0.3) is 0 Å². The molecule has 2 aromatic carbocycles. The van der Waals surface area contributed by atoms with Crippen molar-refractivity contribution < 1.29 is 18.3 Å². The van der Waals surface area contributed by atoms with Gasteiger partial charge >= 0.3 is 6.61 Å². The molecule has 0 spiro atoms. The highest BCUT2D eigenvalue weighted by Gasteiger charge is 2.38. The number of ether oxygens (including phenoxy) is 1.